The van der Waals surface area contributed by atoms with Gasteiger partial charge in [-0.05, 0) is 44.0 Å². The SMILES string of the molecule is Cc1cnc(Nc2ccnn2C)nc1-c1cc2n(c1)C[C@H](C)N(Cc1cccnc1C)C2=O. The molecule has 0 radical (unpaired) electrons. The number of rotatable bonds is 5. The second-order valence-electron chi connectivity index (χ2n) is 8.49. The van der Waals surface area contributed by atoms with E-state index in [0.29, 0.717) is 18.2 Å². The number of anilines is 2. The van der Waals surface area contributed by atoms with Gasteiger partial charge in [0, 0.05) is 62.1 Å². The van der Waals surface area contributed by atoms with Gasteiger partial charge in [0.2, 0.25) is 5.95 Å². The third-order valence-electron chi connectivity index (χ3n) is 6.13. The zero-order valence-corrected chi connectivity index (χ0v) is 19.1. The summed E-state index contributed by atoms with van der Waals surface area (Å²) in [6, 6.07) is 7.80. The molecule has 4 aromatic rings. The summed E-state index contributed by atoms with van der Waals surface area (Å²) in [5, 5.41) is 7.36. The van der Waals surface area contributed by atoms with Gasteiger partial charge in [0.05, 0.1) is 11.9 Å². The summed E-state index contributed by atoms with van der Waals surface area (Å²) in [5.74, 6) is 1.30. The number of carbonyl (C=O) groups excluding carboxylic acids is 1. The van der Waals surface area contributed by atoms with E-state index in [1.54, 1.807) is 23.3 Å². The van der Waals surface area contributed by atoms with E-state index in [0.717, 1.165) is 40.4 Å². The predicted molar refractivity (Wildman–Crippen MR) is 125 cm³/mol. The maximum atomic E-state index is 13.4. The van der Waals surface area contributed by atoms with E-state index in [1.807, 2.05) is 60.8 Å². The molecule has 0 saturated carbocycles. The first-order valence-corrected chi connectivity index (χ1v) is 10.9. The van der Waals surface area contributed by atoms with Crippen molar-refractivity contribution in [2.24, 2.45) is 7.05 Å². The number of hydrogen-bond donors (Lipinski definition) is 1. The summed E-state index contributed by atoms with van der Waals surface area (Å²) in [6.45, 7) is 7.31. The number of nitrogens with one attached hydrogen (secondary N) is 1. The molecule has 1 aliphatic heterocycles. The van der Waals surface area contributed by atoms with Crippen molar-refractivity contribution < 1.29 is 4.79 Å². The van der Waals surface area contributed by atoms with Crippen molar-refractivity contribution in [1.29, 1.82) is 0 Å². The van der Waals surface area contributed by atoms with Gasteiger partial charge < -0.3 is 14.8 Å². The zero-order valence-electron chi connectivity index (χ0n) is 19.1. The highest BCUT2D eigenvalue weighted by Gasteiger charge is 2.31. The molecule has 1 amide bonds. The minimum Gasteiger partial charge on any atom is -0.341 e. The standard InChI is InChI=1S/C24H26N8O/c1-15-11-26-24(28-21-7-9-27-30(21)4)29-22(15)19-10-20-23(33)32(16(2)12-31(20)13-19)14-18-6-5-8-25-17(18)3/h5-11,13,16H,12,14H2,1-4H3,(H,26,28,29)/t16-/m0/s1. The monoisotopic (exact) mass is 442 g/mol. The van der Waals surface area contributed by atoms with Crippen molar-refractivity contribution >= 4 is 17.7 Å². The molecule has 168 valence electrons. The Morgan fingerprint density at radius 2 is 2.03 bits per heavy atom. The van der Waals surface area contributed by atoms with Crippen molar-refractivity contribution in [3.63, 3.8) is 0 Å². The van der Waals surface area contributed by atoms with Crippen molar-refractivity contribution in [2.45, 2.75) is 39.9 Å². The summed E-state index contributed by atoms with van der Waals surface area (Å²) >= 11 is 0. The Morgan fingerprint density at radius 1 is 1.18 bits per heavy atom. The number of carbonyl (C=O) groups is 1. The van der Waals surface area contributed by atoms with Crippen LogP contribution in [0.5, 0.6) is 0 Å². The lowest BCUT2D eigenvalue weighted by atomic mass is 10.1. The van der Waals surface area contributed by atoms with Gasteiger partial charge in [-0.1, -0.05) is 6.07 Å². The summed E-state index contributed by atoms with van der Waals surface area (Å²) in [6.07, 6.45) is 7.29. The lowest BCUT2D eigenvalue weighted by Gasteiger charge is -2.34. The second kappa shape index (κ2) is 8.16. The molecule has 33 heavy (non-hydrogen) atoms. The molecule has 0 unspecified atom stereocenters. The third kappa shape index (κ3) is 3.86. The van der Waals surface area contributed by atoms with Gasteiger partial charge in [0.15, 0.2) is 0 Å². The van der Waals surface area contributed by atoms with E-state index in [2.05, 4.69) is 27.3 Å². The van der Waals surface area contributed by atoms with Crippen LogP contribution in [0.2, 0.25) is 0 Å². The minimum absolute atomic E-state index is 0.0168. The fraction of sp³-hybridized carbons (Fsp3) is 0.292. The van der Waals surface area contributed by atoms with Crippen LogP contribution in [-0.4, -0.2) is 46.1 Å². The van der Waals surface area contributed by atoms with E-state index >= 15 is 0 Å². The van der Waals surface area contributed by atoms with Crippen LogP contribution >= 0.6 is 0 Å². The van der Waals surface area contributed by atoms with Crippen LogP contribution < -0.4 is 5.32 Å². The Hall–Kier alpha value is -4.01. The normalized spacial score (nSPS) is 15.6. The first-order valence-electron chi connectivity index (χ1n) is 10.9. The molecule has 9 heteroatoms. The number of nitrogens with zero attached hydrogens (tertiary/aromatic N) is 7. The highest BCUT2D eigenvalue weighted by atomic mass is 16.2. The van der Waals surface area contributed by atoms with E-state index in [4.69, 9.17) is 4.98 Å². The van der Waals surface area contributed by atoms with Gasteiger partial charge >= 0.3 is 0 Å². The molecule has 0 spiro atoms. The van der Waals surface area contributed by atoms with E-state index in [1.165, 1.54) is 0 Å². The third-order valence-corrected chi connectivity index (χ3v) is 6.13. The average Bonchev–Trinajstić information content (AvgIpc) is 3.40. The van der Waals surface area contributed by atoms with Crippen molar-refractivity contribution in [1.82, 2.24) is 34.2 Å². The first-order chi connectivity index (χ1) is 15.9. The summed E-state index contributed by atoms with van der Waals surface area (Å²) < 4.78 is 3.75. The zero-order chi connectivity index (χ0) is 23.1. The van der Waals surface area contributed by atoms with E-state index in [9.17, 15) is 4.79 Å². The number of aromatic nitrogens is 6. The van der Waals surface area contributed by atoms with Crippen molar-refractivity contribution in [3.8, 4) is 11.3 Å². The van der Waals surface area contributed by atoms with Crippen molar-refractivity contribution in [2.75, 3.05) is 5.32 Å². The molecule has 1 aliphatic rings. The van der Waals surface area contributed by atoms with Gasteiger partial charge in [-0.25, -0.2) is 9.97 Å². The van der Waals surface area contributed by atoms with Gasteiger partial charge in [-0.3, -0.25) is 14.5 Å². The Kier molecular flexibility index (Phi) is 5.16. The van der Waals surface area contributed by atoms with Gasteiger partial charge in [-0.2, -0.15) is 5.10 Å². The molecule has 9 nitrogen and oxygen atoms in total. The van der Waals surface area contributed by atoms with Crippen LogP contribution in [0.15, 0.2) is 49.1 Å². The number of hydrogen-bond acceptors (Lipinski definition) is 6. The quantitative estimate of drug-likeness (QED) is 0.509. The highest BCUT2D eigenvalue weighted by Crippen LogP contribution is 2.29. The van der Waals surface area contributed by atoms with Crippen molar-refractivity contribution in [3.05, 3.63) is 71.6 Å². The van der Waals surface area contributed by atoms with E-state index < -0.39 is 0 Å². The Morgan fingerprint density at radius 3 is 2.79 bits per heavy atom. The molecule has 0 aliphatic carbocycles. The predicted octanol–water partition coefficient (Wildman–Crippen LogP) is 3.48. The largest absolute Gasteiger partial charge is 0.341 e. The molecule has 0 aromatic carbocycles. The minimum atomic E-state index is 0.0168. The van der Waals surface area contributed by atoms with Crippen LogP contribution in [-0.2, 0) is 20.1 Å². The molecule has 1 N–H and O–H groups in total. The number of aryl methyl sites for hydroxylation is 3. The summed E-state index contributed by atoms with van der Waals surface area (Å²) in [5.41, 5.74) is 5.32. The fourth-order valence-corrected chi connectivity index (χ4v) is 4.20. The Bertz CT molecular complexity index is 1340. The molecule has 5 heterocycles. The van der Waals surface area contributed by atoms with Crippen LogP contribution in [0.4, 0.5) is 11.8 Å². The summed E-state index contributed by atoms with van der Waals surface area (Å²) in [4.78, 5) is 28.8. The smallest absolute Gasteiger partial charge is 0.271 e. The number of fused-ring (bicyclic) bond motifs is 1. The molecular weight excluding hydrogens is 416 g/mol. The molecule has 0 fully saturated rings. The molecular formula is C24H26N8O. The number of amides is 1. The summed E-state index contributed by atoms with van der Waals surface area (Å²) in [7, 11) is 1.85. The molecule has 5 rings (SSSR count). The van der Waals surface area contributed by atoms with Gasteiger partial charge in [0.1, 0.15) is 11.5 Å². The Labute approximate surface area is 192 Å². The molecule has 1 atom stereocenters. The number of pyridine rings is 1. The van der Waals surface area contributed by atoms with Crippen LogP contribution in [0.1, 0.15) is 34.2 Å². The second-order valence-corrected chi connectivity index (χ2v) is 8.49. The van der Waals surface area contributed by atoms with Gasteiger partial charge in [-0.15, -0.1) is 0 Å². The fourth-order valence-electron chi connectivity index (χ4n) is 4.20. The molecule has 0 saturated heterocycles. The van der Waals surface area contributed by atoms with Crippen LogP contribution in [0.25, 0.3) is 11.3 Å². The topological polar surface area (TPSA) is 93.8 Å². The highest BCUT2D eigenvalue weighted by molar-refractivity contribution is 5.95. The molecule has 4 aromatic heterocycles. The lowest BCUT2D eigenvalue weighted by Crippen LogP contribution is -2.45. The average molecular weight is 443 g/mol. The van der Waals surface area contributed by atoms with Crippen LogP contribution in [0, 0.1) is 13.8 Å². The first kappa shape index (κ1) is 20.9. The van der Waals surface area contributed by atoms with Gasteiger partial charge in [0.25, 0.3) is 5.91 Å². The van der Waals surface area contributed by atoms with E-state index in [-0.39, 0.29) is 11.9 Å². The Balaban J connectivity index is 1.45. The maximum absolute atomic E-state index is 13.4. The molecule has 0 bridgehead atoms. The lowest BCUT2D eigenvalue weighted by molar-refractivity contribution is 0.0595. The maximum Gasteiger partial charge on any atom is 0.271 e. The van der Waals surface area contributed by atoms with Crippen LogP contribution in [0.3, 0.4) is 0 Å².